The zero-order valence-corrected chi connectivity index (χ0v) is 15.3. The summed E-state index contributed by atoms with van der Waals surface area (Å²) >= 11 is 0. The molecular formula is C19H36N2O2. The number of hydrogen-bond donors (Lipinski definition) is 0. The van der Waals surface area contributed by atoms with E-state index in [4.69, 9.17) is 4.74 Å². The van der Waals surface area contributed by atoms with Gasteiger partial charge in [0.15, 0.2) is 0 Å². The van der Waals surface area contributed by atoms with Gasteiger partial charge < -0.3 is 14.5 Å². The van der Waals surface area contributed by atoms with E-state index < -0.39 is 0 Å². The van der Waals surface area contributed by atoms with Gasteiger partial charge in [-0.15, -0.1) is 0 Å². The Labute approximate surface area is 142 Å². The van der Waals surface area contributed by atoms with Crippen LogP contribution < -0.4 is 0 Å². The normalized spacial score (nSPS) is 22.3. The number of rotatable bonds is 8. The molecule has 4 heteroatoms. The summed E-state index contributed by atoms with van der Waals surface area (Å²) in [6, 6.07) is 0. The maximum Gasteiger partial charge on any atom is 0.307 e. The minimum Gasteiger partial charge on any atom is -0.466 e. The highest BCUT2D eigenvalue weighted by Gasteiger charge is 2.28. The van der Waals surface area contributed by atoms with Crippen LogP contribution in [-0.4, -0.2) is 62.1 Å². The Kier molecular flexibility index (Phi) is 8.38. The standard InChI is InChI=1S/C19H36N2O2/c1-3-4-5-16-23-19(22)10-15-21-13-8-18(9-14-21)17-6-11-20(2)12-7-17/h17-18H,3-16H2,1-2H3. The molecule has 2 rings (SSSR count). The second-order valence-corrected chi connectivity index (χ2v) is 7.50. The molecule has 23 heavy (non-hydrogen) atoms. The lowest BCUT2D eigenvalue weighted by molar-refractivity contribution is -0.144. The van der Waals surface area contributed by atoms with Crippen molar-refractivity contribution in [1.82, 2.24) is 9.80 Å². The fourth-order valence-corrected chi connectivity index (χ4v) is 4.01. The Morgan fingerprint density at radius 2 is 1.61 bits per heavy atom. The first-order valence-electron chi connectivity index (χ1n) is 9.75. The van der Waals surface area contributed by atoms with Gasteiger partial charge in [-0.2, -0.15) is 0 Å². The van der Waals surface area contributed by atoms with Crippen LogP contribution in [0.3, 0.4) is 0 Å². The molecular weight excluding hydrogens is 288 g/mol. The van der Waals surface area contributed by atoms with E-state index in [1.54, 1.807) is 0 Å². The Morgan fingerprint density at radius 1 is 1.00 bits per heavy atom. The molecule has 0 atom stereocenters. The SMILES string of the molecule is CCCCCOC(=O)CCN1CCC(C2CCN(C)CC2)CC1. The van der Waals surface area contributed by atoms with E-state index in [1.807, 2.05) is 0 Å². The lowest BCUT2D eigenvalue weighted by Gasteiger charge is -2.39. The summed E-state index contributed by atoms with van der Waals surface area (Å²) in [5, 5.41) is 0. The van der Waals surface area contributed by atoms with Crippen LogP contribution in [0.25, 0.3) is 0 Å². The molecule has 0 unspecified atom stereocenters. The summed E-state index contributed by atoms with van der Waals surface area (Å²) in [6.07, 6.45) is 9.28. The first-order chi connectivity index (χ1) is 11.2. The van der Waals surface area contributed by atoms with Gasteiger partial charge in [0.2, 0.25) is 0 Å². The van der Waals surface area contributed by atoms with Crippen LogP contribution >= 0.6 is 0 Å². The molecule has 0 radical (unpaired) electrons. The van der Waals surface area contributed by atoms with Gasteiger partial charge in [0.1, 0.15) is 0 Å². The van der Waals surface area contributed by atoms with Gasteiger partial charge in [-0.25, -0.2) is 0 Å². The molecule has 2 saturated heterocycles. The number of hydrogen-bond acceptors (Lipinski definition) is 4. The van der Waals surface area contributed by atoms with Crippen molar-refractivity contribution in [2.24, 2.45) is 11.8 Å². The maximum absolute atomic E-state index is 11.7. The second kappa shape index (κ2) is 10.3. The molecule has 0 bridgehead atoms. The fraction of sp³-hybridized carbons (Fsp3) is 0.947. The minimum atomic E-state index is -0.0152. The van der Waals surface area contributed by atoms with Crippen molar-refractivity contribution in [3.05, 3.63) is 0 Å². The van der Waals surface area contributed by atoms with E-state index in [0.717, 1.165) is 31.2 Å². The zero-order valence-electron chi connectivity index (χ0n) is 15.3. The number of nitrogens with zero attached hydrogens (tertiary/aromatic N) is 2. The maximum atomic E-state index is 11.7. The zero-order chi connectivity index (χ0) is 16.5. The van der Waals surface area contributed by atoms with E-state index in [2.05, 4.69) is 23.8 Å². The molecule has 0 aliphatic carbocycles. The number of esters is 1. The summed E-state index contributed by atoms with van der Waals surface area (Å²) in [5.41, 5.74) is 0. The van der Waals surface area contributed by atoms with Gasteiger partial charge >= 0.3 is 5.97 Å². The van der Waals surface area contributed by atoms with Crippen LogP contribution in [-0.2, 0) is 9.53 Å². The first kappa shape index (κ1) is 18.7. The van der Waals surface area contributed by atoms with Crippen LogP contribution in [0.5, 0.6) is 0 Å². The predicted octanol–water partition coefficient (Wildman–Crippen LogP) is 3.16. The van der Waals surface area contributed by atoms with Crippen LogP contribution in [0.4, 0.5) is 0 Å². The first-order valence-corrected chi connectivity index (χ1v) is 9.75. The molecule has 0 aromatic heterocycles. The smallest absolute Gasteiger partial charge is 0.307 e. The molecule has 4 nitrogen and oxygen atoms in total. The molecule has 0 aromatic carbocycles. The molecule has 2 fully saturated rings. The molecule has 0 amide bonds. The minimum absolute atomic E-state index is 0.0152. The van der Waals surface area contributed by atoms with Gasteiger partial charge in [-0.3, -0.25) is 4.79 Å². The third-order valence-corrected chi connectivity index (χ3v) is 5.71. The molecule has 0 aromatic rings. The van der Waals surface area contributed by atoms with Crippen molar-refractivity contribution in [1.29, 1.82) is 0 Å². The summed E-state index contributed by atoms with van der Waals surface area (Å²) in [6.45, 7) is 8.53. The third kappa shape index (κ3) is 6.80. The Balaban J connectivity index is 1.55. The van der Waals surface area contributed by atoms with Gasteiger partial charge in [0.25, 0.3) is 0 Å². The molecule has 2 aliphatic heterocycles. The van der Waals surface area contributed by atoms with Gasteiger partial charge in [-0.1, -0.05) is 19.8 Å². The largest absolute Gasteiger partial charge is 0.466 e. The number of carbonyl (C=O) groups is 1. The fourth-order valence-electron chi connectivity index (χ4n) is 4.01. The van der Waals surface area contributed by atoms with E-state index in [1.165, 1.54) is 58.3 Å². The number of unbranched alkanes of at least 4 members (excludes halogenated alkanes) is 2. The van der Waals surface area contributed by atoms with Crippen molar-refractivity contribution < 1.29 is 9.53 Å². The number of piperidine rings is 2. The van der Waals surface area contributed by atoms with Gasteiger partial charge in [-0.05, 0) is 77.2 Å². The van der Waals surface area contributed by atoms with Crippen molar-refractivity contribution in [2.75, 3.05) is 46.4 Å². The Morgan fingerprint density at radius 3 is 2.22 bits per heavy atom. The topological polar surface area (TPSA) is 32.8 Å². The second-order valence-electron chi connectivity index (χ2n) is 7.50. The van der Waals surface area contributed by atoms with Crippen molar-refractivity contribution in [2.45, 2.75) is 58.3 Å². The predicted molar refractivity (Wildman–Crippen MR) is 94.5 cm³/mol. The molecule has 134 valence electrons. The molecule has 2 aliphatic rings. The van der Waals surface area contributed by atoms with E-state index in [0.29, 0.717) is 13.0 Å². The summed E-state index contributed by atoms with van der Waals surface area (Å²) in [4.78, 5) is 16.7. The average Bonchev–Trinajstić information content (AvgIpc) is 2.58. The highest BCUT2D eigenvalue weighted by Crippen LogP contribution is 2.32. The highest BCUT2D eigenvalue weighted by molar-refractivity contribution is 5.69. The summed E-state index contributed by atoms with van der Waals surface area (Å²) in [7, 11) is 2.24. The highest BCUT2D eigenvalue weighted by atomic mass is 16.5. The summed E-state index contributed by atoms with van der Waals surface area (Å²) in [5.74, 6) is 1.84. The number of carbonyl (C=O) groups excluding carboxylic acids is 1. The Hall–Kier alpha value is -0.610. The van der Waals surface area contributed by atoms with Crippen LogP contribution in [0.1, 0.15) is 58.3 Å². The van der Waals surface area contributed by atoms with Crippen LogP contribution in [0, 0.1) is 11.8 Å². The number of likely N-dealkylation sites (tertiary alicyclic amines) is 2. The molecule has 0 saturated carbocycles. The van der Waals surface area contributed by atoms with Gasteiger partial charge in [0.05, 0.1) is 13.0 Å². The summed E-state index contributed by atoms with van der Waals surface area (Å²) < 4.78 is 5.29. The molecule has 0 spiro atoms. The monoisotopic (exact) mass is 324 g/mol. The lowest BCUT2D eigenvalue weighted by atomic mass is 9.79. The van der Waals surface area contributed by atoms with Gasteiger partial charge in [0, 0.05) is 6.54 Å². The van der Waals surface area contributed by atoms with Crippen molar-refractivity contribution in [3.8, 4) is 0 Å². The van der Waals surface area contributed by atoms with Crippen molar-refractivity contribution in [3.63, 3.8) is 0 Å². The number of ether oxygens (including phenoxy) is 1. The van der Waals surface area contributed by atoms with E-state index in [-0.39, 0.29) is 5.97 Å². The average molecular weight is 325 g/mol. The molecule has 2 heterocycles. The lowest BCUT2D eigenvalue weighted by Crippen LogP contribution is -2.40. The quantitative estimate of drug-likeness (QED) is 0.507. The van der Waals surface area contributed by atoms with E-state index >= 15 is 0 Å². The van der Waals surface area contributed by atoms with Crippen molar-refractivity contribution >= 4 is 5.97 Å². The van der Waals surface area contributed by atoms with Crippen LogP contribution in [0.2, 0.25) is 0 Å². The molecule has 0 N–H and O–H groups in total. The third-order valence-electron chi connectivity index (χ3n) is 5.71. The Bertz CT molecular complexity index is 332. The van der Waals surface area contributed by atoms with Crippen LogP contribution in [0.15, 0.2) is 0 Å². The van der Waals surface area contributed by atoms with E-state index in [9.17, 15) is 4.79 Å².